The number of hydrogen-bond donors (Lipinski definition) is 2. The molecule has 0 aromatic heterocycles. The van der Waals surface area contributed by atoms with Gasteiger partial charge in [-0.1, -0.05) is 38.5 Å². The molecule has 0 heterocycles. The fourth-order valence-corrected chi connectivity index (χ4v) is 2.04. The van der Waals surface area contributed by atoms with Crippen LogP contribution in [0.5, 0.6) is 5.75 Å². The zero-order chi connectivity index (χ0) is 14.8. The molecule has 2 N–H and O–H groups in total. The maximum atomic E-state index is 5.41. The lowest BCUT2D eigenvalue weighted by molar-refractivity contribution is 0.406. The molecule has 0 aliphatic carbocycles. The molecule has 1 aromatic carbocycles. The van der Waals surface area contributed by atoms with Crippen molar-refractivity contribution in [2.75, 3.05) is 27.2 Å². The lowest BCUT2D eigenvalue weighted by Crippen LogP contribution is -2.39. The predicted octanol–water partition coefficient (Wildman–Crippen LogP) is 3.38. The topological polar surface area (TPSA) is 45.7 Å². The summed E-state index contributed by atoms with van der Waals surface area (Å²) in [5.74, 6) is 2.16. The van der Waals surface area contributed by atoms with Crippen molar-refractivity contribution in [3.8, 4) is 5.75 Å². The normalized spacial score (nSPS) is 12.3. The van der Waals surface area contributed by atoms with E-state index in [1.54, 1.807) is 14.2 Å². The molecule has 1 atom stereocenters. The van der Waals surface area contributed by atoms with Crippen LogP contribution in [0.2, 0.25) is 0 Å². The van der Waals surface area contributed by atoms with Gasteiger partial charge >= 0.3 is 0 Å². The van der Waals surface area contributed by atoms with Crippen molar-refractivity contribution in [1.29, 1.82) is 0 Å². The lowest BCUT2D eigenvalue weighted by Gasteiger charge is -2.18. The largest absolute Gasteiger partial charge is 0.496 e. The van der Waals surface area contributed by atoms with Gasteiger partial charge in [-0.15, -0.1) is 24.0 Å². The van der Waals surface area contributed by atoms with Gasteiger partial charge < -0.3 is 15.4 Å². The number of unbranched alkanes of at least 4 members (excludes halogenated alkanes) is 1. The lowest BCUT2D eigenvalue weighted by atomic mass is 10.0. The van der Waals surface area contributed by atoms with Crippen LogP contribution in [0.1, 0.15) is 38.2 Å². The number of halogens is 1. The minimum absolute atomic E-state index is 0. The smallest absolute Gasteiger partial charge is 0.190 e. The molecule has 21 heavy (non-hydrogen) atoms. The van der Waals surface area contributed by atoms with E-state index in [1.165, 1.54) is 12.0 Å². The molecule has 120 valence electrons. The highest BCUT2D eigenvalue weighted by Crippen LogP contribution is 2.25. The third-order valence-electron chi connectivity index (χ3n) is 3.29. The van der Waals surface area contributed by atoms with Crippen molar-refractivity contribution < 1.29 is 4.74 Å². The predicted molar refractivity (Wildman–Crippen MR) is 101 cm³/mol. The van der Waals surface area contributed by atoms with E-state index in [0.29, 0.717) is 5.92 Å². The zero-order valence-electron chi connectivity index (χ0n) is 13.5. The molecule has 0 radical (unpaired) electrons. The summed E-state index contributed by atoms with van der Waals surface area (Å²) >= 11 is 0. The number of hydrogen-bond acceptors (Lipinski definition) is 2. The Morgan fingerprint density at radius 2 is 2.00 bits per heavy atom. The number of nitrogens with zero attached hydrogens (tertiary/aromatic N) is 1. The Balaban J connectivity index is 0.00000400. The number of aliphatic imine (C=N–C) groups is 1. The molecule has 1 rings (SSSR count). The third-order valence-corrected chi connectivity index (χ3v) is 3.29. The average Bonchev–Trinajstić information content (AvgIpc) is 2.50. The average molecular weight is 405 g/mol. The van der Waals surface area contributed by atoms with Crippen LogP contribution in [0.15, 0.2) is 29.3 Å². The minimum Gasteiger partial charge on any atom is -0.496 e. The van der Waals surface area contributed by atoms with Crippen molar-refractivity contribution in [3.63, 3.8) is 0 Å². The summed E-state index contributed by atoms with van der Waals surface area (Å²) in [6.45, 7) is 6.15. The van der Waals surface area contributed by atoms with Crippen LogP contribution in [-0.4, -0.2) is 33.2 Å². The van der Waals surface area contributed by atoms with Gasteiger partial charge in [-0.2, -0.15) is 0 Å². The molecule has 0 amide bonds. The van der Waals surface area contributed by atoms with Gasteiger partial charge in [-0.25, -0.2) is 0 Å². The quantitative estimate of drug-likeness (QED) is 0.317. The Kier molecular flexibility index (Phi) is 11.1. The van der Waals surface area contributed by atoms with E-state index < -0.39 is 0 Å². The van der Waals surface area contributed by atoms with Crippen molar-refractivity contribution in [3.05, 3.63) is 29.8 Å². The van der Waals surface area contributed by atoms with Crippen LogP contribution >= 0.6 is 24.0 Å². The molecule has 5 heteroatoms. The molecule has 0 aliphatic heterocycles. The summed E-state index contributed by atoms with van der Waals surface area (Å²) in [5, 5.41) is 6.67. The highest BCUT2D eigenvalue weighted by atomic mass is 127. The van der Waals surface area contributed by atoms with E-state index in [4.69, 9.17) is 4.74 Å². The van der Waals surface area contributed by atoms with Gasteiger partial charge in [0.05, 0.1) is 7.11 Å². The van der Waals surface area contributed by atoms with E-state index in [1.807, 2.05) is 18.2 Å². The van der Waals surface area contributed by atoms with Crippen LogP contribution in [0.3, 0.4) is 0 Å². The van der Waals surface area contributed by atoms with Crippen LogP contribution < -0.4 is 15.4 Å². The SMILES string of the molecule is CCCCNC(=NC)NCC(C)c1ccccc1OC.I. The highest BCUT2D eigenvalue weighted by Gasteiger charge is 2.11. The van der Waals surface area contributed by atoms with Gasteiger partial charge in [0.15, 0.2) is 5.96 Å². The number of para-hydroxylation sites is 1. The van der Waals surface area contributed by atoms with Gasteiger partial charge in [0.1, 0.15) is 5.75 Å². The summed E-state index contributed by atoms with van der Waals surface area (Å²) < 4.78 is 5.41. The fourth-order valence-electron chi connectivity index (χ4n) is 2.04. The number of rotatable bonds is 7. The van der Waals surface area contributed by atoms with Crippen molar-refractivity contribution in [1.82, 2.24) is 10.6 Å². The minimum atomic E-state index is 0. The first kappa shape index (κ1) is 20.0. The Labute approximate surface area is 145 Å². The summed E-state index contributed by atoms with van der Waals surface area (Å²) in [7, 11) is 3.51. The van der Waals surface area contributed by atoms with Crippen LogP contribution in [0, 0.1) is 0 Å². The maximum absolute atomic E-state index is 5.41. The first-order valence-corrected chi connectivity index (χ1v) is 7.30. The van der Waals surface area contributed by atoms with Gasteiger partial charge in [0.2, 0.25) is 0 Å². The first-order chi connectivity index (χ1) is 9.72. The molecule has 0 saturated carbocycles. The van der Waals surface area contributed by atoms with E-state index in [-0.39, 0.29) is 24.0 Å². The summed E-state index contributed by atoms with van der Waals surface area (Å²) in [5.41, 5.74) is 1.21. The fraction of sp³-hybridized carbons (Fsp3) is 0.562. The number of benzene rings is 1. The monoisotopic (exact) mass is 405 g/mol. The Morgan fingerprint density at radius 3 is 2.62 bits per heavy atom. The van der Waals surface area contributed by atoms with Crippen LogP contribution in [0.25, 0.3) is 0 Å². The second-order valence-corrected chi connectivity index (χ2v) is 4.88. The zero-order valence-corrected chi connectivity index (χ0v) is 15.8. The van der Waals surface area contributed by atoms with Gasteiger partial charge in [0, 0.05) is 26.1 Å². The maximum Gasteiger partial charge on any atom is 0.190 e. The number of methoxy groups -OCH3 is 1. The van der Waals surface area contributed by atoms with E-state index >= 15 is 0 Å². The molecule has 0 aliphatic rings. The van der Waals surface area contributed by atoms with Crippen LogP contribution in [0.4, 0.5) is 0 Å². The van der Waals surface area contributed by atoms with Gasteiger partial charge in [-0.05, 0) is 18.1 Å². The molecule has 1 aromatic rings. The van der Waals surface area contributed by atoms with E-state index in [2.05, 4.69) is 35.5 Å². The van der Waals surface area contributed by atoms with Crippen molar-refractivity contribution >= 4 is 29.9 Å². The van der Waals surface area contributed by atoms with Crippen molar-refractivity contribution in [2.24, 2.45) is 4.99 Å². The van der Waals surface area contributed by atoms with E-state index in [9.17, 15) is 0 Å². The molecule has 1 unspecified atom stereocenters. The number of ether oxygens (including phenoxy) is 1. The Morgan fingerprint density at radius 1 is 1.29 bits per heavy atom. The number of guanidine groups is 1. The molecular weight excluding hydrogens is 377 g/mol. The Hall–Kier alpha value is -0.980. The Bertz CT molecular complexity index is 424. The molecule has 0 spiro atoms. The number of nitrogens with one attached hydrogen (secondary N) is 2. The van der Waals surface area contributed by atoms with Gasteiger partial charge in [0.25, 0.3) is 0 Å². The van der Waals surface area contributed by atoms with E-state index in [0.717, 1.165) is 31.2 Å². The molecule has 0 bridgehead atoms. The molecule has 0 fully saturated rings. The van der Waals surface area contributed by atoms with Crippen molar-refractivity contribution in [2.45, 2.75) is 32.6 Å². The third kappa shape index (κ3) is 7.02. The summed E-state index contributed by atoms with van der Waals surface area (Å²) in [4.78, 5) is 4.23. The second-order valence-electron chi connectivity index (χ2n) is 4.88. The molecule has 4 nitrogen and oxygen atoms in total. The summed E-state index contributed by atoms with van der Waals surface area (Å²) in [6.07, 6.45) is 2.34. The molecular formula is C16H28IN3O. The highest BCUT2D eigenvalue weighted by molar-refractivity contribution is 14.0. The second kappa shape index (κ2) is 11.7. The molecule has 0 saturated heterocycles. The standard InChI is InChI=1S/C16H27N3O.HI/c1-5-6-11-18-16(17-3)19-12-13(2)14-9-7-8-10-15(14)20-4;/h7-10,13H,5-6,11-12H2,1-4H3,(H2,17,18,19);1H. The first-order valence-electron chi connectivity index (χ1n) is 7.30. The van der Waals surface area contributed by atoms with Gasteiger partial charge in [-0.3, -0.25) is 4.99 Å². The van der Waals surface area contributed by atoms with Crippen LogP contribution in [-0.2, 0) is 0 Å². The summed E-state index contributed by atoms with van der Waals surface area (Å²) in [6, 6.07) is 8.15.